The van der Waals surface area contributed by atoms with Crippen molar-refractivity contribution in [2.24, 2.45) is 11.7 Å². The topological polar surface area (TPSA) is 133 Å². The number of carbonyl (C=O) groups excluding carboxylic acids is 2. The van der Waals surface area contributed by atoms with Crippen LogP contribution in [0.1, 0.15) is 18.4 Å². The molecular formula is C24H31F2N9O2. The van der Waals surface area contributed by atoms with Crippen molar-refractivity contribution in [2.75, 3.05) is 32.5 Å². The van der Waals surface area contributed by atoms with E-state index < -0.39 is 17.5 Å². The van der Waals surface area contributed by atoms with Gasteiger partial charge in [0.1, 0.15) is 11.5 Å². The molecule has 0 spiro atoms. The molecule has 4 rings (SSSR count). The van der Waals surface area contributed by atoms with Crippen LogP contribution in [0.2, 0.25) is 0 Å². The second-order valence-corrected chi connectivity index (χ2v) is 9.21. The van der Waals surface area contributed by atoms with Gasteiger partial charge < -0.3 is 26.2 Å². The van der Waals surface area contributed by atoms with E-state index in [9.17, 15) is 18.4 Å². The van der Waals surface area contributed by atoms with Gasteiger partial charge in [-0.1, -0.05) is 12.1 Å². The van der Waals surface area contributed by atoms with Gasteiger partial charge in [-0.05, 0) is 24.8 Å². The number of carbonyl (C=O) groups is 2. The van der Waals surface area contributed by atoms with Crippen molar-refractivity contribution in [3.63, 3.8) is 0 Å². The molecule has 2 aromatic rings. The number of likely N-dealkylation sites (tertiary alicyclic amines) is 1. The van der Waals surface area contributed by atoms with Crippen molar-refractivity contribution in [3.05, 3.63) is 71.1 Å². The molecule has 13 heteroatoms. The molecule has 2 aliphatic rings. The molecule has 0 aliphatic carbocycles. The second-order valence-electron chi connectivity index (χ2n) is 9.21. The standard InChI is InChI=1S/C24H31F2N9O2/c1-33(2)24(37)34-8-6-15(7-9-34)13-35-14-17(12-29-35)30-20-10-19(22(23(27)36)32-31-20)28-11-16-4-3-5-18(25)21(16)26/h3-5,10,12,14-15,28,30-32H,6-9,11,13H2,1-2H3,(H2,27,36). The number of nitrogens with two attached hydrogens (primary N) is 1. The summed E-state index contributed by atoms with van der Waals surface area (Å²) in [5.74, 6) is -1.73. The van der Waals surface area contributed by atoms with E-state index in [0.29, 0.717) is 23.1 Å². The van der Waals surface area contributed by atoms with Gasteiger partial charge in [-0.2, -0.15) is 5.10 Å². The number of hydrogen-bond donors (Lipinski definition) is 5. The Morgan fingerprint density at radius 2 is 1.97 bits per heavy atom. The number of benzene rings is 1. The van der Waals surface area contributed by atoms with Crippen LogP contribution in [0.5, 0.6) is 0 Å². The SMILES string of the molecule is CN(C)C(=O)N1CCC(Cn2cc(NC3=CC(NCc4cccc(F)c4F)=C(C(N)=O)NN3)cn2)CC1. The zero-order chi connectivity index (χ0) is 26.5. The van der Waals surface area contributed by atoms with Gasteiger partial charge in [0.05, 0.1) is 17.6 Å². The van der Waals surface area contributed by atoms with Gasteiger partial charge in [0, 0.05) is 58.1 Å². The molecule has 198 valence electrons. The summed E-state index contributed by atoms with van der Waals surface area (Å²) in [4.78, 5) is 27.4. The lowest BCUT2D eigenvalue weighted by atomic mass is 9.97. The minimum absolute atomic E-state index is 0.0364. The van der Waals surface area contributed by atoms with Gasteiger partial charge in [0.25, 0.3) is 5.91 Å². The molecule has 1 aromatic carbocycles. The molecule has 1 fully saturated rings. The predicted molar refractivity (Wildman–Crippen MR) is 133 cm³/mol. The molecule has 6 N–H and O–H groups in total. The van der Waals surface area contributed by atoms with Gasteiger partial charge in [0.2, 0.25) is 0 Å². The maximum absolute atomic E-state index is 14.0. The van der Waals surface area contributed by atoms with Crippen LogP contribution < -0.4 is 27.2 Å². The van der Waals surface area contributed by atoms with Crippen LogP contribution >= 0.6 is 0 Å². The molecule has 0 atom stereocenters. The van der Waals surface area contributed by atoms with E-state index in [1.54, 1.807) is 31.3 Å². The number of nitrogens with one attached hydrogen (secondary N) is 4. The Labute approximate surface area is 213 Å². The van der Waals surface area contributed by atoms with E-state index in [2.05, 4.69) is 26.6 Å². The molecule has 3 heterocycles. The lowest BCUT2D eigenvalue weighted by Gasteiger charge is -2.33. The molecule has 37 heavy (non-hydrogen) atoms. The fourth-order valence-electron chi connectivity index (χ4n) is 4.26. The molecule has 1 aromatic heterocycles. The molecule has 0 unspecified atom stereocenters. The van der Waals surface area contributed by atoms with Crippen LogP contribution in [0, 0.1) is 17.6 Å². The highest BCUT2D eigenvalue weighted by molar-refractivity contribution is 5.92. The summed E-state index contributed by atoms with van der Waals surface area (Å²) in [7, 11) is 3.51. The predicted octanol–water partition coefficient (Wildman–Crippen LogP) is 1.40. The largest absolute Gasteiger partial charge is 0.379 e. The Bertz CT molecular complexity index is 1220. The minimum Gasteiger partial charge on any atom is -0.379 e. The van der Waals surface area contributed by atoms with E-state index in [0.717, 1.165) is 38.5 Å². The molecule has 1 saturated heterocycles. The number of nitrogens with zero attached hydrogens (tertiary/aromatic N) is 4. The second kappa shape index (κ2) is 11.2. The Hall–Kier alpha value is -4.29. The van der Waals surface area contributed by atoms with Crippen LogP contribution in [-0.4, -0.2) is 58.7 Å². The average molecular weight is 516 g/mol. The summed E-state index contributed by atoms with van der Waals surface area (Å²) in [6.07, 6.45) is 6.95. The highest BCUT2D eigenvalue weighted by Gasteiger charge is 2.24. The zero-order valence-electron chi connectivity index (χ0n) is 20.7. The van der Waals surface area contributed by atoms with E-state index in [4.69, 9.17) is 5.73 Å². The highest BCUT2D eigenvalue weighted by Crippen LogP contribution is 2.21. The number of hydrogen-bond acceptors (Lipinski definition) is 7. The van der Waals surface area contributed by atoms with E-state index >= 15 is 0 Å². The van der Waals surface area contributed by atoms with Gasteiger partial charge in [-0.25, -0.2) is 13.6 Å². The van der Waals surface area contributed by atoms with Crippen LogP contribution in [0.4, 0.5) is 19.3 Å². The van der Waals surface area contributed by atoms with Gasteiger partial charge in [-0.3, -0.25) is 20.3 Å². The molecule has 0 saturated carbocycles. The fourth-order valence-corrected chi connectivity index (χ4v) is 4.26. The number of amides is 3. The molecule has 0 bridgehead atoms. The summed E-state index contributed by atoms with van der Waals surface area (Å²) in [5.41, 5.74) is 12.2. The number of urea groups is 1. The molecule has 3 amide bonds. The van der Waals surface area contributed by atoms with E-state index in [-0.39, 0.29) is 23.8 Å². The summed E-state index contributed by atoms with van der Waals surface area (Å²) in [6, 6.07) is 3.93. The highest BCUT2D eigenvalue weighted by atomic mass is 19.2. The lowest BCUT2D eigenvalue weighted by Crippen LogP contribution is -2.44. The van der Waals surface area contributed by atoms with Crippen LogP contribution in [0.3, 0.4) is 0 Å². The monoisotopic (exact) mass is 515 g/mol. The van der Waals surface area contributed by atoms with Crippen molar-refractivity contribution in [2.45, 2.75) is 25.9 Å². The van der Waals surface area contributed by atoms with Crippen molar-refractivity contribution in [3.8, 4) is 0 Å². The van der Waals surface area contributed by atoms with Crippen molar-refractivity contribution < 1.29 is 18.4 Å². The van der Waals surface area contributed by atoms with Crippen molar-refractivity contribution in [1.82, 2.24) is 35.7 Å². The smallest absolute Gasteiger partial charge is 0.319 e. The normalized spacial score (nSPS) is 16.0. The minimum atomic E-state index is -0.956. The van der Waals surface area contributed by atoms with E-state index in [1.807, 2.05) is 15.8 Å². The van der Waals surface area contributed by atoms with Gasteiger partial charge in [0.15, 0.2) is 11.6 Å². The number of halogens is 2. The summed E-state index contributed by atoms with van der Waals surface area (Å²) >= 11 is 0. The third-order valence-electron chi connectivity index (χ3n) is 6.25. The Balaban J connectivity index is 1.36. The van der Waals surface area contributed by atoms with Crippen molar-refractivity contribution in [1.29, 1.82) is 0 Å². The first-order valence-electron chi connectivity index (χ1n) is 11.9. The number of hydrazine groups is 1. The number of anilines is 1. The average Bonchev–Trinajstić information content (AvgIpc) is 3.31. The Morgan fingerprint density at radius 1 is 1.22 bits per heavy atom. The summed E-state index contributed by atoms with van der Waals surface area (Å²) in [5, 5.41) is 10.5. The van der Waals surface area contributed by atoms with Gasteiger partial charge in [-0.15, -0.1) is 0 Å². The number of aromatic nitrogens is 2. The van der Waals surface area contributed by atoms with Crippen LogP contribution in [0.25, 0.3) is 0 Å². The quantitative estimate of drug-likeness (QED) is 0.359. The summed E-state index contributed by atoms with van der Waals surface area (Å²) in [6.45, 7) is 2.12. The molecule has 2 aliphatic heterocycles. The third-order valence-corrected chi connectivity index (χ3v) is 6.25. The number of piperidine rings is 1. The zero-order valence-corrected chi connectivity index (χ0v) is 20.7. The fraction of sp³-hybridized carbons (Fsp3) is 0.375. The first kappa shape index (κ1) is 25.8. The van der Waals surface area contributed by atoms with Crippen LogP contribution in [-0.2, 0) is 17.9 Å². The molecular weight excluding hydrogens is 484 g/mol. The number of allylic oxidation sites excluding steroid dienone is 1. The summed E-state index contributed by atoms with van der Waals surface area (Å²) < 4.78 is 29.4. The third kappa shape index (κ3) is 6.29. The molecule has 0 radical (unpaired) electrons. The Kier molecular flexibility index (Phi) is 7.80. The lowest BCUT2D eigenvalue weighted by molar-refractivity contribution is -0.115. The number of rotatable bonds is 8. The first-order valence-corrected chi connectivity index (χ1v) is 11.9. The maximum atomic E-state index is 14.0. The number of primary amides is 1. The first-order chi connectivity index (χ1) is 17.7. The van der Waals surface area contributed by atoms with Gasteiger partial charge >= 0.3 is 6.03 Å². The maximum Gasteiger partial charge on any atom is 0.319 e. The Morgan fingerprint density at radius 3 is 2.68 bits per heavy atom. The van der Waals surface area contributed by atoms with Crippen LogP contribution in [0.15, 0.2) is 53.9 Å². The van der Waals surface area contributed by atoms with Crippen molar-refractivity contribution >= 4 is 17.6 Å². The van der Waals surface area contributed by atoms with E-state index in [1.165, 1.54) is 12.1 Å². The molecule has 11 nitrogen and oxygen atoms in total.